The van der Waals surface area contributed by atoms with Gasteiger partial charge in [-0.2, -0.15) is 0 Å². The van der Waals surface area contributed by atoms with E-state index in [0.29, 0.717) is 18.4 Å². The van der Waals surface area contributed by atoms with Crippen LogP contribution in [0.2, 0.25) is 0 Å². The summed E-state index contributed by atoms with van der Waals surface area (Å²) < 4.78 is 0. The minimum Gasteiger partial charge on any atom is -0.480 e. The fourth-order valence-corrected chi connectivity index (χ4v) is 2.70. The average Bonchev–Trinajstić information content (AvgIpc) is 2.64. The molecule has 5 nitrogen and oxygen atoms in total. The highest BCUT2D eigenvalue weighted by atomic mass is 16.4. The molecule has 5 heteroatoms. The number of rotatable bonds is 3. The number of nitrogens with one attached hydrogen (secondary N) is 2. The molecular weight excluding hydrogens is 244 g/mol. The fraction of sp³-hybridized carbons (Fsp3) is 0.571. The number of carboxylic acid groups (broad SMARTS) is 1. The molecular formula is C14H20N2O3. The summed E-state index contributed by atoms with van der Waals surface area (Å²) >= 11 is 0. The molecule has 0 aliphatic heterocycles. The first-order chi connectivity index (χ1) is 9.05. The third-order valence-electron chi connectivity index (χ3n) is 3.92. The number of amides is 1. The Morgan fingerprint density at radius 2 is 1.84 bits per heavy atom. The molecule has 1 aliphatic rings. The second kappa shape index (κ2) is 5.47. The SMILES string of the molecule is Cc1c[nH]cc1C(=O)NC1(C(=O)O)CCCCCC1. The Hall–Kier alpha value is -1.78. The van der Waals surface area contributed by atoms with Crippen LogP contribution in [0.5, 0.6) is 0 Å². The summed E-state index contributed by atoms with van der Waals surface area (Å²) in [6, 6.07) is 0. The number of aromatic nitrogens is 1. The normalized spacial score (nSPS) is 18.6. The molecule has 0 radical (unpaired) electrons. The first kappa shape index (κ1) is 13.6. The van der Waals surface area contributed by atoms with Crippen molar-refractivity contribution in [3.05, 3.63) is 23.5 Å². The number of carbonyl (C=O) groups is 2. The van der Waals surface area contributed by atoms with E-state index in [9.17, 15) is 14.7 Å². The third-order valence-corrected chi connectivity index (χ3v) is 3.92. The molecule has 0 bridgehead atoms. The second-order valence-corrected chi connectivity index (χ2v) is 5.31. The van der Waals surface area contributed by atoms with Crippen LogP contribution >= 0.6 is 0 Å². The summed E-state index contributed by atoms with van der Waals surface area (Å²) in [6.45, 7) is 1.83. The zero-order valence-electron chi connectivity index (χ0n) is 11.2. The van der Waals surface area contributed by atoms with Gasteiger partial charge in [-0.25, -0.2) is 4.79 Å². The van der Waals surface area contributed by atoms with E-state index in [0.717, 1.165) is 31.2 Å². The van der Waals surface area contributed by atoms with E-state index in [1.54, 1.807) is 12.4 Å². The van der Waals surface area contributed by atoms with Gasteiger partial charge in [0.25, 0.3) is 5.91 Å². The van der Waals surface area contributed by atoms with Gasteiger partial charge in [0.15, 0.2) is 0 Å². The maximum atomic E-state index is 12.2. The molecule has 2 rings (SSSR count). The van der Waals surface area contributed by atoms with E-state index in [1.165, 1.54) is 0 Å². The summed E-state index contributed by atoms with van der Waals surface area (Å²) in [5.74, 6) is -1.22. The monoisotopic (exact) mass is 264 g/mol. The van der Waals surface area contributed by atoms with Crippen LogP contribution in [0.25, 0.3) is 0 Å². The Labute approximate surface area is 112 Å². The van der Waals surface area contributed by atoms with Crippen molar-refractivity contribution >= 4 is 11.9 Å². The second-order valence-electron chi connectivity index (χ2n) is 5.31. The number of carboxylic acids is 1. The van der Waals surface area contributed by atoms with Crippen LogP contribution in [0, 0.1) is 6.92 Å². The standard InChI is InChI=1S/C14H20N2O3/c1-10-8-15-9-11(10)12(17)16-14(13(18)19)6-4-2-3-5-7-14/h8-9,15H,2-7H2,1H3,(H,16,17)(H,18,19). The zero-order chi connectivity index (χ0) is 13.9. The number of aryl methyl sites for hydroxylation is 1. The minimum absolute atomic E-state index is 0.303. The van der Waals surface area contributed by atoms with E-state index in [1.807, 2.05) is 6.92 Å². The van der Waals surface area contributed by atoms with Crippen LogP contribution in [0.15, 0.2) is 12.4 Å². The Morgan fingerprint density at radius 3 is 2.32 bits per heavy atom. The van der Waals surface area contributed by atoms with Gasteiger partial charge in [-0.05, 0) is 25.3 Å². The van der Waals surface area contributed by atoms with Crippen LogP contribution in [-0.4, -0.2) is 27.5 Å². The lowest BCUT2D eigenvalue weighted by atomic mass is 9.90. The maximum Gasteiger partial charge on any atom is 0.329 e. The predicted molar refractivity (Wildman–Crippen MR) is 71.1 cm³/mol. The van der Waals surface area contributed by atoms with Gasteiger partial charge in [0, 0.05) is 12.4 Å². The molecule has 1 saturated carbocycles. The number of hydrogen-bond acceptors (Lipinski definition) is 2. The smallest absolute Gasteiger partial charge is 0.329 e. The van der Waals surface area contributed by atoms with Gasteiger partial charge in [-0.15, -0.1) is 0 Å². The summed E-state index contributed by atoms with van der Waals surface area (Å²) in [5, 5.41) is 12.3. The summed E-state index contributed by atoms with van der Waals surface area (Å²) in [7, 11) is 0. The van der Waals surface area contributed by atoms with Crippen molar-refractivity contribution in [3.8, 4) is 0 Å². The molecule has 1 fully saturated rings. The van der Waals surface area contributed by atoms with E-state index < -0.39 is 11.5 Å². The Morgan fingerprint density at radius 1 is 1.21 bits per heavy atom. The van der Waals surface area contributed by atoms with Crippen molar-refractivity contribution in [2.45, 2.75) is 51.0 Å². The third kappa shape index (κ3) is 2.80. The highest BCUT2D eigenvalue weighted by molar-refractivity contribution is 5.98. The van der Waals surface area contributed by atoms with E-state index in [-0.39, 0.29) is 5.91 Å². The molecule has 0 aromatic carbocycles. The molecule has 1 amide bonds. The van der Waals surface area contributed by atoms with Crippen molar-refractivity contribution in [3.63, 3.8) is 0 Å². The number of aromatic amines is 1. The molecule has 0 saturated heterocycles. The van der Waals surface area contributed by atoms with Crippen LogP contribution < -0.4 is 5.32 Å². The first-order valence-corrected chi connectivity index (χ1v) is 6.74. The van der Waals surface area contributed by atoms with Gasteiger partial charge in [0.1, 0.15) is 5.54 Å². The van der Waals surface area contributed by atoms with Crippen molar-refractivity contribution in [2.24, 2.45) is 0 Å². The lowest BCUT2D eigenvalue weighted by Gasteiger charge is -2.29. The molecule has 104 valence electrons. The lowest BCUT2D eigenvalue weighted by Crippen LogP contribution is -2.54. The first-order valence-electron chi connectivity index (χ1n) is 6.74. The van der Waals surface area contributed by atoms with Gasteiger partial charge in [0.05, 0.1) is 5.56 Å². The van der Waals surface area contributed by atoms with Gasteiger partial charge in [-0.3, -0.25) is 4.79 Å². The topological polar surface area (TPSA) is 82.2 Å². The average molecular weight is 264 g/mol. The molecule has 19 heavy (non-hydrogen) atoms. The molecule has 1 aromatic rings. The highest BCUT2D eigenvalue weighted by Crippen LogP contribution is 2.28. The molecule has 0 spiro atoms. The van der Waals surface area contributed by atoms with Gasteiger partial charge < -0.3 is 15.4 Å². The van der Waals surface area contributed by atoms with Crippen molar-refractivity contribution in [1.29, 1.82) is 0 Å². The van der Waals surface area contributed by atoms with Crippen molar-refractivity contribution < 1.29 is 14.7 Å². The molecule has 1 heterocycles. The quantitative estimate of drug-likeness (QED) is 0.732. The molecule has 1 aliphatic carbocycles. The lowest BCUT2D eigenvalue weighted by molar-refractivity contribution is -0.145. The Bertz CT molecular complexity index is 471. The van der Waals surface area contributed by atoms with Crippen molar-refractivity contribution in [1.82, 2.24) is 10.3 Å². The fourth-order valence-electron chi connectivity index (χ4n) is 2.70. The Kier molecular flexibility index (Phi) is 3.93. The van der Waals surface area contributed by atoms with Gasteiger partial charge in [0.2, 0.25) is 0 Å². The highest BCUT2D eigenvalue weighted by Gasteiger charge is 2.40. The summed E-state index contributed by atoms with van der Waals surface area (Å²) in [5.41, 5.74) is 0.244. The van der Waals surface area contributed by atoms with Gasteiger partial charge >= 0.3 is 5.97 Å². The van der Waals surface area contributed by atoms with Crippen LogP contribution in [0.4, 0.5) is 0 Å². The summed E-state index contributed by atoms with van der Waals surface area (Å²) in [6.07, 6.45) is 8.13. The number of H-pyrrole nitrogens is 1. The van der Waals surface area contributed by atoms with Crippen LogP contribution in [-0.2, 0) is 4.79 Å². The van der Waals surface area contributed by atoms with Crippen LogP contribution in [0.1, 0.15) is 54.4 Å². The van der Waals surface area contributed by atoms with E-state index >= 15 is 0 Å². The zero-order valence-corrected chi connectivity index (χ0v) is 11.2. The molecule has 0 atom stereocenters. The minimum atomic E-state index is -1.10. The summed E-state index contributed by atoms with van der Waals surface area (Å²) in [4.78, 5) is 26.7. The molecule has 3 N–H and O–H groups in total. The Balaban J connectivity index is 2.19. The maximum absolute atomic E-state index is 12.2. The van der Waals surface area contributed by atoms with Gasteiger partial charge in [-0.1, -0.05) is 25.7 Å². The largest absolute Gasteiger partial charge is 0.480 e. The van der Waals surface area contributed by atoms with E-state index in [2.05, 4.69) is 10.3 Å². The van der Waals surface area contributed by atoms with Crippen molar-refractivity contribution in [2.75, 3.05) is 0 Å². The number of carbonyl (C=O) groups excluding carboxylic acids is 1. The van der Waals surface area contributed by atoms with E-state index in [4.69, 9.17) is 0 Å². The molecule has 1 aromatic heterocycles. The predicted octanol–water partition coefficient (Wildman–Crippen LogP) is 2.23. The van der Waals surface area contributed by atoms with Crippen LogP contribution in [0.3, 0.4) is 0 Å². The number of hydrogen-bond donors (Lipinski definition) is 3. The number of aliphatic carboxylic acids is 1. The molecule has 0 unspecified atom stereocenters.